The molecule has 4 heteroatoms. The predicted octanol–water partition coefficient (Wildman–Crippen LogP) is 2.65. The van der Waals surface area contributed by atoms with Gasteiger partial charge in [0.05, 0.1) is 5.69 Å². The molecule has 0 aromatic heterocycles. The largest absolute Gasteiger partial charge is 0.368 e. The van der Waals surface area contributed by atoms with Gasteiger partial charge in [-0.3, -0.25) is 4.79 Å². The molecule has 0 spiro atoms. The molecule has 1 aliphatic heterocycles. The zero-order valence-electron chi connectivity index (χ0n) is 9.07. The molecule has 2 rings (SSSR count). The van der Waals surface area contributed by atoms with E-state index >= 15 is 0 Å². The number of hydrogen-bond donors (Lipinski definition) is 1. The lowest BCUT2D eigenvalue weighted by molar-refractivity contribution is -0.126. The molecule has 86 valence electrons. The summed E-state index contributed by atoms with van der Waals surface area (Å²) in [6, 6.07) is 7.73. The minimum Gasteiger partial charge on any atom is -0.368 e. The van der Waals surface area contributed by atoms with Crippen LogP contribution < -0.4 is 5.32 Å². The van der Waals surface area contributed by atoms with Crippen LogP contribution in [0.2, 0.25) is 0 Å². The van der Waals surface area contributed by atoms with Gasteiger partial charge in [-0.1, -0.05) is 19.1 Å². The molecular weight excluding hydrogens is 317 g/mol. The summed E-state index contributed by atoms with van der Waals surface area (Å²) in [5.41, 5.74) is 0.857. The number of hydrogen-bond acceptors (Lipinski definition) is 2. The van der Waals surface area contributed by atoms with E-state index in [4.69, 9.17) is 4.74 Å². The number of rotatable bonds is 2. The van der Waals surface area contributed by atoms with Crippen molar-refractivity contribution >= 4 is 34.2 Å². The van der Waals surface area contributed by atoms with Crippen molar-refractivity contribution < 1.29 is 9.53 Å². The van der Waals surface area contributed by atoms with Crippen molar-refractivity contribution in [3.05, 3.63) is 27.8 Å². The maximum Gasteiger partial charge on any atom is 0.253 e. The lowest BCUT2D eigenvalue weighted by atomic mass is 10.0. The zero-order chi connectivity index (χ0) is 11.5. The fourth-order valence-electron chi connectivity index (χ4n) is 1.80. The standard InChI is InChI=1S/C12H14INO2/c1-8-6-7-16-11(8)12(15)14-10-5-3-2-4-9(10)13/h2-5,8,11H,6-7H2,1H3,(H,14,15). The Morgan fingerprint density at radius 1 is 1.50 bits per heavy atom. The van der Waals surface area contributed by atoms with E-state index < -0.39 is 0 Å². The number of amides is 1. The molecule has 2 unspecified atom stereocenters. The van der Waals surface area contributed by atoms with Gasteiger partial charge in [0, 0.05) is 10.2 Å². The highest BCUT2D eigenvalue weighted by Gasteiger charge is 2.30. The Kier molecular flexibility index (Phi) is 3.81. The molecule has 3 nitrogen and oxygen atoms in total. The van der Waals surface area contributed by atoms with E-state index in [2.05, 4.69) is 27.9 Å². The fourth-order valence-corrected chi connectivity index (χ4v) is 2.32. The normalized spacial score (nSPS) is 24.4. The van der Waals surface area contributed by atoms with Crippen molar-refractivity contribution in [1.29, 1.82) is 0 Å². The molecule has 1 amide bonds. The number of para-hydroxylation sites is 1. The van der Waals surface area contributed by atoms with Gasteiger partial charge in [0.2, 0.25) is 0 Å². The van der Waals surface area contributed by atoms with Crippen molar-refractivity contribution in [2.24, 2.45) is 5.92 Å². The first-order valence-corrected chi connectivity index (χ1v) is 6.43. The quantitative estimate of drug-likeness (QED) is 0.846. The molecule has 1 N–H and O–H groups in total. The SMILES string of the molecule is CC1CCOC1C(=O)Nc1ccccc1I. The summed E-state index contributed by atoms with van der Waals surface area (Å²) in [6.45, 7) is 2.73. The summed E-state index contributed by atoms with van der Waals surface area (Å²) in [5, 5.41) is 2.91. The Morgan fingerprint density at radius 2 is 2.25 bits per heavy atom. The molecule has 1 aromatic rings. The summed E-state index contributed by atoms with van der Waals surface area (Å²) in [7, 11) is 0. The number of anilines is 1. The molecule has 0 aliphatic carbocycles. The summed E-state index contributed by atoms with van der Waals surface area (Å²) in [6.07, 6.45) is 0.667. The van der Waals surface area contributed by atoms with E-state index in [1.807, 2.05) is 31.2 Å². The molecule has 2 atom stereocenters. The Hall–Kier alpha value is -0.620. The average molecular weight is 331 g/mol. The highest BCUT2D eigenvalue weighted by atomic mass is 127. The van der Waals surface area contributed by atoms with E-state index in [1.165, 1.54) is 0 Å². The lowest BCUT2D eigenvalue weighted by Gasteiger charge is -2.15. The van der Waals surface area contributed by atoms with Gasteiger partial charge in [-0.2, -0.15) is 0 Å². The lowest BCUT2D eigenvalue weighted by Crippen LogP contribution is -2.31. The van der Waals surface area contributed by atoms with E-state index in [-0.39, 0.29) is 12.0 Å². The predicted molar refractivity (Wildman–Crippen MR) is 71.3 cm³/mol. The summed E-state index contributed by atoms with van der Waals surface area (Å²) < 4.78 is 6.47. The van der Waals surface area contributed by atoms with Crippen LogP contribution in [0.25, 0.3) is 0 Å². The van der Waals surface area contributed by atoms with Gasteiger partial charge in [0.1, 0.15) is 6.10 Å². The maximum atomic E-state index is 11.9. The van der Waals surface area contributed by atoms with Gasteiger partial charge < -0.3 is 10.1 Å². The second-order valence-corrected chi connectivity index (χ2v) is 5.19. The summed E-state index contributed by atoms with van der Waals surface area (Å²) in [5.74, 6) is 0.274. The molecule has 0 saturated carbocycles. The van der Waals surface area contributed by atoms with Crippen molar-refractivity contribution in [2.75, 3.05) is 11.9 Å². The second kappa shape index (κ2) is 5.14. The first-order chi connectivity index (χ1) is 7.68. The average Bonchev–Trinajstić information content (AvgIpc) is 2.68. The van der Waals surface area contributed by atoms with Crippen molar-refractivity contribution in [3.63, 3.8) is 0 Å². The number of benzene rings is 1. The fraction of sp³-hybridized carbons (Fsp3) is 0.417. The summed E-state index contributed by atoms with van der Waals surface area (Å²) >= 11 is 2.21. The minimum absolute atomic E-state index is 0.0332. The number of halogens is 1. The Bertz CT molecular complexity index is 394. The maximum absolute atomic E-state index is 11.9. The van der Waals surface area contributed by atoms with Crippen LogP contribution in [0.4, 0.5) is 5.69 Å². The Labute approximate surface area is 109 Å². The van der Waals surface area contributed by atoms with Crippen molar-refractivity contribution in [3.8, 4) is 0 Å². The molecule has 0 radical (unpaired) electrons. The minimum atomic E-state index is -0.295. The van der Waals surface area contributed by atoms with Gasteiger partial charge in [-0.25, -0.2) is 0 Å². The van der Waals surface area contributed by atoms with Crippen LogP contribution >= 0.6 is 22.6 Å². The third-order valence-electron chi connectivity index (χ3n) is 2.78. The molecule has 16 heavy (non-hydrogen) atoms. The number of nitrogens with one attached hydrogen (secondary N) is 1. The van der Waals surface area contributed by atoms with Gasteiger partial charge in [0.15, 0.2) is 0 Å². The third-order valence-corrected chi connectivity index (χ3v) is 3.72. The van der Waals surface area contributed by atoms with E-state index in [1.54, 1.807) is 0 Å². The molecule has 1 aliphatic rings. The number of carbonyl (C=O) groups excluding carboxylic acids is 1. The smallest absolute Gasteiger partial charge is 0.253 e. The highest BCUT2D eigenvalue weighted by Crippen LogP contribution is 2.23. The zero-order valence-corrected chi connectivity index (χ0v) is 11.2. The summed E-state index contributed by atoms with van der Waals surface area (Å²) in [4.78, 5) is 11.9. The van der Waals surface area contributed by atoms with Crippen LogP contribution in [0, 0.1) is 9.49 Å². The third kappa shape index (κ3) is 2.55. The second-order valence-electron chi connectivity index (χ2n) is 4.03. The Balaban J connectivity index is 2.05. The Morgan fingerprint density at radius 3 is 2.88 bits per heavy atom. The van der Waals surface area contributed by atoms with Crippen LogP contribution in [0.5, 0.6) is 0 Å². The molecule has 1 aromatic carbocycles. The van der Waals surface area contributed by atoms with Crippen molar-refractivity contribution in [2.45, 2.75) is 19.4 Å². The van der Waals surface area contributed by atoms with Crippen LogP contribution in [-0.2, 0) is 9.53 Å². The molecule has 0 bridgehead atoms. The number of ether oxygens (including phenoxy) is 1. The molecule has 1 saturated heterocycles. The van der Waals surface area contributed by atoms with Crippen LogP contribution in [0.1, 0.15) is 13.3 Å². The molecular formula is C12H14INO2. The first kappa shape index (κ1) is 11.9. The van der Waals surface area contributed by atoms with Crippen LogP contribution in [0.15, 0.2) is 24.3 Å². The van der Waals surface area contributed by atoms with Gasteiger partial charge in [-0.15, -0.1) is 0 Å². The first-order valence-electron chi connectivity index (χ1n) is 5.35. The highest BCUT2D eigenvalue weighted by molar-refractivity contribution is 14.1. The monoisotopic (exact) mass is 331 g/mol. The van der Waals surface area contributed by atoms with Crippen LogP contribution in [0.3, 0.4) is 0 Å². The van der Waals surface area contributed by atoms with E-state index in [0.717, 1.165) is 15.7 Å². The number of carbonyl (C=O) groups is 1. The molecule has 1 heterocycles. The van der Waals surface area contributed by atoms with Crippen LogP contribution in [-0.4, -0.2) is 18.6 Å². The van der Waals surface area contributed by atoms with Gasteiger partial charge in [-0.05, 0) is 47.1 Å². The van der Waals surface area contributed by atoms with E-state index in [0.29, 0.717) is 12.5 Å². The van der Waals surface area contributed by atoms with Gasteiger partial charge in [0.25, 0.3) is 5.91 Å². The van der Waals surface area contributed by atoms with Gasteiger partial charge >= 0.3 is 0 Å². The molecule has 1 fully saturated rings. The van der Waals surface area contributed by atoms with E-state index in [9.17, 15) is 4.79 Å². The topological polar surface area (TPSA) is 38.3 Å². The van der Waals surface area contributed by atoms with Crippen molar-refractivity contribution in [1.82, 2.24) is 0 Å².